The Morgan fingerprint density at radius 1 is 1.29 bits per heavy atom. The Morgan fingerprint density at radius 3 is 2.54 bits per heavy atom. The van der Waals surface area contributed by atoms with Crippen LogP contribution in [0.2, 0.25) is 0 Å². The summed E-state index contributed by atoms with van der Waals surface area (Å²) < 4.78 is 15.3. The van der Waals surface area contributed by atoms with E-state index in [1.54, 1.807) is 13.0 Å². The van der Waals surface area contributed by atoms with Crippen molar-refractivity contribution in [3.05, 3.63) is 51.5 Å². The molecule has 0 radical (unpaired) electrons. The van der Waals surface area contributed by atoms with E-state index in [9.17, 15) is 14.9 Å². The molecular weight excluding hydrogens is 318 g/mol. The number of carbonyl (C=O) groups is 1. The Labute approximate surface area is 137 Å². The van der Waals surface area contributed by atoms with Gasteiger partial charge in [0.25, 0.3) is 0 Å². The lowest BCUT2D eigenvalue weighted by Gasteiger charge is -2.08. The number of furan rings is 1. The highest BCUT2D eigenvalue weighted by molar-refractivity contribution is 5.93. The second-order valence-corrected chi connectivity index (χ2v) is 4.63. The number of methoxy groups -OCH3 is 2. The van der Waals surface area contributed by atoms with Crippen LogP contribution in [0, 0.1) is 17.0 Å². The Morgan fingerprint density at radius 2 is 2.00 bits per heavy atom. The molecule has 1 amide bonds. The van der Waals surface area contributed by atoms with Gasteiger partial charge >= 0.3 is 11.6 Å². The first-order valence-corrected chi connectivity index (χ1v) is 6.76. The van der Waals surface area contributed by atoms with Crippen molar-refractivity contribution in [1.29, 1.82) is 0 Å². The van der Waals surface area contributed by atoms with Crippen molar-refractivity contribution < 1.29 is 23.6 Å². The molecule has 0 saturated heterocycles. The van der Waals surface area contributed by atoms with E-state index < -0.39 is 10.8 Å². The highest BCUT2D eigenvalue weighted by Gasteiger charge is 2.19. The van der Waals surface area contributed by atoms with Gasteiger partial charge in [-0.3, -0.25) is 14.9 Å². The lowest BCUT2D eigenvalue weighted by Crippen LogP contribution is -2.16. The van der Waals surface area contributed by atoms with Crippen LogP contribution in [0.15, 0.2) is 33.8 Å². The number of nitro benzene ring substituents is 1. The van der Waals surface area contributed by atoms with Crippen LogP contribution in [0.1, 0.15) is 21.9 Å². The molecule has 0 aliphatic carbocycles. The van der Waals surface area contributed by atoms with Gasteiger partial charge in [0, 0.05) is 17.7 Å². The molecule has 0 spiro atoms. The maximum absolute atomic E-state index is 11.8. The summed E-state index contributed by atoms with van der Waals surface area (Å²) in [5.41, 5.74) is 2.33. The number of nitrogens with one attached hydrogen (secondary N) is 1. The quantitative estimate of drug-likeness (QED) is 0.492. The minimum absolute atomic E-state index is 0.0593. The molecule has 0 atom stereocenters. The molecule has 24 heavy (non-hydrogen) atoms. The zero-order valence-electron chi connectivity index (χ0n) is 13.2. The van der Waals surface area contributed by atoms with E-state index in [0.29, 0.717) is 17.1 Å². The third kappa shape index (κ3) is 3.69. The van der Waals surface area contributed by atoms with E-state index in [0.717, 1.165) is 0 Å². The third-order valence-corrected chi connectivity index (χ3v) is 3.06. The summed E-state index contributed by atoms with van der Waals surface area (Å²) >= 11 is 0. The highest BCUT2D eigenvalue weighted by atomic mass is 16.6. The number of amides is 1. The summed E-state index contributed by atoms with van der Waals surface area (Å²) in [7, 11) is 2.73. The number of benzene rings is 1. The number of aryl methyl sites for hydroxylation is 1. The van der Waals surface area contributed by atoms with Crippen molar-refractivity contribution in [2.45, 2.75) is 6.92 Å². The van der Waals surface area contributed by atoms with Gasteiger partial charge in [-0.2, -0.15) is 5.10 Å². The number of nitro groups is 1. The maximum Gasteiger partial charge on any atom is 0.311 e. The summed E-state index contributed by atoms with van der Waals surface area (Å²) in [5, 5.41) is 14.8. The van der Waals surface area contributed by atoms with Crippen LogP contribution in [-0.4, -0.2) is 31.3 Å². The number of nitrogens with zero attached hydrogens (tertiary/aromatic N) is 2. The average Bonchev–Trinajstić information content (AvgIpc) is 3.00. The van der Waals surface area contributed by atoms with Gasteiger partial charge in [-0.1, -0.05) is 0 Å². The van der Waals surface area contributed by atoms with E-state index in [-0.39, 0.29) is 17.2 Å². The molecule has 9 heteroatoms. The number of carbonyl (C=O) groups excluding carboxylic acids is 1. The SMILES string of the molecule is COc1cc(OC)c([N+](=O)[O-])cc1/C=N/NC(=O)c1ccc(C)o1. The van der Waals surface area contributed by atoms with Gasteiger partial charge in [0.1, 0.15) is 11.5 Å². The van der Waals surface area contributed by atoms with Crippen LogP contribution >= 0.6 is 0 Å². The molecule has 0 bridgehead atoms. The molecule has 9 nitrogen and oxygen atoms in total. The first-order valence-electron chi connectivity index (χ1n) is 6.76. The Bertz CT molecular complexity index is 797. The van der Waals surface area contributed by atoms with Crippen molar-refractivity contribution in [3.8, 4) is 11.5 Å². The molecule has 1 aromatic heterocycles. The van der Waals surface area contributed by atoms with Gasteiger partial charge in [0.15, 0.2) is 5.76 Å². The summed E-state index contributed by atoms with van der Waals surface area (Å²) in [6.45, 7) is 1.71. The number of hydrogen-bond acceptors (Lipinski definition) is 7. The van der Waals surface area contributed by atoms with Crippen molar-refractivity contribution in [2.75, 3.05) is 14.2 Å². The molecular formula is C15H15N3O6. The van der Waals surface area contributed by atoms with Gasteiger partial charge in [-0.15, -0.1) is 0 Å². The molecule has 0 saturated carbocycles. The van der Waals surface area contributed by atoms with Crippen LogP contribution < -0.4 is 14.9 Å². The minimum Gasteiger partial charge on any atom is -0.496 e. The van der Waals surface area contributed by atoms with Crippen LogP contribution in [0.3, 0.4) is 0 Å². The Kier molecular flexibility index (Phi) is 5.15. The summed E-state index contributed by atoms with van der Waals surface area (Å²) in [5.74, 6) is 0.531. The molecule has 0 aliphatic rings. The number of ether oxygens (including phenoxy) is 2. The average molecular weight is 333 g/mol. The lowest BCUT2D eigenvalue weighted by molar-refractivity contribution is -0.385. The smallest absolute Gasteiger partial charge is 0.311 e. The predicted molar refractivity (Wildman–Crippen MR) is 84.7 cm³/mol. The Hall–Kier alpha value is -3.36. The van der Waals surface area contributed by atoms with Crippen molar-refractivity contribution >= 4 is 17.8 Å². The fraction of sp³-hybridized carbons (Fsp3) is 0.200. The van der Waals surface area contributed by atoms with Crippen molar-refractivity contribution in [1.82, 2.24) is 5.43 Å². The van der Waals surface area contributed by atoms with Crippen LogP contribution in [-0.2, 0) is 0 Å². The summed E-state index contributed by atoms with van der Waals surface area (Å²) in [6.07, 6.45) is 1.24. The topological polar surface area (TPSA) is 116 Å². The summed E-state index contributed by atoms with van der Waals surface area (Å²) in [4.78, 5) is 22.3. The number of hydrogen-bond donors (Lipinski definition) is 1. The molecule has 1 heterocycles. The molecule has 0 aliphatic heterocycles. The molecule has 2 aromatic rings. The van der Waals surface area contributed by atoms with Crippen molar-refractivity contribution in [3.63, 3.8) is 0 Å². The van der Waals surface area contributed by atoms with Gasteiger partial charge in [0.2, 0.25) is 5.75 Å². The fourth-order valence-corrected chi connectivity index (χ4v) is 1.92. The monoisotopic (exact) mass is 333 g/mol. The molecule has 126 valence electrons. The molecule has 1 N–H and O–H groups in total. The third-order valence-electron chi connectivity index (χ3n) is 3.06. The predicted octanol–water partition coefficient (Wildman–Crippen LogP) is 2.28. The van der Waals surface area contributed by atoms with Gasteiger partial charge in [0.05, 0.1) is 25.4 Å². The van der Waals surface area contributed by atoms with E-state index in [1.165, 1.54) is 38.6 Å². The molecule has 2 rings (SSSR count). The number of rotatable bonds is 6. The van der Waals surface area contributed by atoms with Crippen molar-refractivity contribution in [2.24, 2.45) is 5.10 Å². The van der Waals surface area contributed by atoms with E-state index in [1.807, 2.05) is 0 Å². The first kappa shape index (κ1) is 17.0. The second-order valence-electron chi connectivity index (χ2n) is 4.63. The number of hydrazone groups is 1. The standard InChI is InChI=1S/C15H15N3O6/c1-9-4-5-12(24-9)15(19)17-16-8-10-6-11(18(20)21)14(23-3)7-13(10)22-2/h4-8H,1-3H3,(H,17,19)/b16-8+. The summed E-state index contributed by atoms with van der Waals surface area (Å²) in [6, 6.07) is 5.77. The second kappa shape index (κ2) is 7.27. The van der Waals surface area contributed by atoms with Gasteiger partial charge < -0.3 is 13.9 Å². The first-order chi connectivity index (χ1) is 11.5. The molecule has 0 unspecified atom stereocenters. The van der Waals surface area contributed by atoms with Gasteiger partial charge in [-0.05, 0) is 19.1 Å². The van der Waals surface area contributed by atoms with E-state index >= 15 is 0 Å². The van der Waals surface area contributed by atoms with E-state index in [4.69, 9.17) is 13.9 Å². The normalized spacial score (nSPS) is 10.6. The van der Waals surface area contributed by atoms with Crippen LogP contribution in [0.25, 0.3) is 0 Å². The lowest BCUT2D eigenvalue weighted by atomic mass is 10.1. The van der Waals surface area contributed by atoms with Crippen LogP contribution in [0.4, 0.5) is 5.69 Å². The van der Waals surface area contributed by atoms with Crippen LogP contribution in [0.5, 0.6) is 11.5 Å². The fourth-order valence-electron chi connectivity index (χ4n) is 1.92. The zero-order chi connectivity index (χ0) is 17.7. The van der Waals surface area contributed by atoms with Gasteiger partial charge in [-0.25, -0.2) is 5.43 Å². The largest absolute Gasteiger partial charge is 0.496 e. The van der Waals surface area contributed by atoms with E-state index in [2.05, 4.69) is 10.5 Å². The molecule has 1 aromatic carbocycles. The maximum atomic E-state index is 11.8. The zero-order valence-corrected chi connectivity index (χ0v) is 13.2. The minimum atomic E-state index is -0.584. The Balaban J connectivity index is 2.23. The molecule has 0 fully saturated rings. The highest BCUT2D eigenvalue weighted by Crippen LogP contribution is 2.33.